The Bertz CT molecular complexity index is 706. The number of aromatic hydroxyl groups is 1. The largest absolute Gasteiger partial charge is 0.508 e. The molecule has 2 aromatic carbocycles. The highest BCUT2D eigenvalue weighted by molar-refractivity contribution is 5.89. The normalized spacial score (nSPS) is 10.4. The van der Waals surface area contributed by atoms with E-state index in [1.165, 1.54) is 24.3 Å². The highest BCUT2D eigenvalue weighted by atomic mass is 16.5. The smallest absolute Gasteiger partial charge is 0.338 e. The van der Waals surface area contributed by atoms with E-state index in [9.17, 15) is 14.7 Å². The van der Waals surface area contributed by atoms with Gasteiger partial charge in [-0.3, -0.25) is 0 Å². The number of benzene rings is 2. The molecule has 5 nitrogen and oxygen atoms in total. The van der Waals surface area contributed by atoms with Crippen LogP contribution < -0.4 is 0 Å². The van der Waals surface area contributed by atoms with Crippen molar-refractivity contribution < 1.29 is 24.5 Å². The number of hydrogen-bond donors (Lipinski definition) is 2. The average molecular weight is 342 g/mol. The van der Waals surface area contributed by atoms with Crippen LogP contribution in [0.15, 0.2) is 48.5 Å². The molecule has 0 fully saturated rings. The number of hydrogen-bond acceptors (Lipinski definition) is 4. The van der Waals surface area contributed by atoms with Gasteiger partial charge in [0.05, 0.1) is 17.7 Å². The predicted octanol–water partition coefficient (Wildman–Crippen LogP) is 4.05. The number of aryl methyl sites for hydroxylation is 1. The molecule has 0 radical (unpaired) electrons. The summed E-state index contributed by atoms with van der Waals surface area (Å²) in [4.78, 5) is 22.9. The van der Waals surface area contributed by atoms with Gasteiger partial charge in [0, 0.05) is 0 Å². The summed E-state index contributed by atoms with van der Waals surface area (Å²) in [5.74, 6) is -1.17. The van der Waals surface area contributed by atoms with Gasteiger partial charge in [-0.25, -0.2) is 9.59 Å². The average Bonchev–Trinajstić information content (AvgIpc) is 2.61. The van der Waals surface area contributed by atoms with Crippen molar-refractivity contribution in [3.05, 3.63) is 65.2 Å². The van der Waals surface area contributed by atoms with Crippen LogP contribution in [0.2, 0.25) is 0 Å². The van der Waals surface area contributed by atoms with Gasteiger partial charge in [0.1, 0.15) is 5.75 Å². The maximum absolute atomic E-state index is 11.8. The molecule has 5 heteroatoms. The van der Waals surface area contributed by atoms with Crippen molar-refractivity contribution in [1.29, 1.82) is 0 Å². The molecular weight excluding hydrogens is 320 g/mol. The minimum atomic E-state index is -0.892. The van der Waals surface area contributed by atoms with Gasteiger partial charge >= 0.3 is 11.9 Å². The summed E-state index contributed by atoms with van der Waals surface area (Å²) >= 11 is 0. The van der Waals surface area contributed by atoms with Crippen LogP contribution in [-0.4, -0.2) is 28.8 Å². The third-order valence-corrected chi connectivity index (χ3v) is 3.92. The molecule has 132 valence electrons. The number of phenols is 1. The van der Waals surface area contributed by atoms with Gasteiger partial charge < -0.3 is 14.9 Å². The molecule has 2 aromatic rings. The number of carbonyl (C=O) groups excluding carboxylic acids is 1. The third kappa shape index (κ3) is 5.95. The van der Waals surface area contributed by atoms with Gasteiger partial charge in [-0.1, -0.05) is 31.0 Å². The second kappa shape index (κ2) is 9.47. The number of carboxylic acid groups (broad SMARTS) is 1. The zero-order chi connectivity index (χ0) is 18.1. The SMILES string of the molecule is O=C(OCCCCCCc1ccccc1C(=O)O)c1ccc(O)cc1. The van der Waals surface area contributed by atoms with Crippen LogP contribution in [0.5, 0.6) is 5.75 Å². The van der Waals surface area contributed by atoms with Crippen LogP contribution in [0, 0.1) is 0 Å². The fourth-order valence-electron chi connectivity index (χ4n) is 2.56. The van der Waals surface area contributed by atoms with E-state index in [2.05, 4.69) is 0 Å². The van der Waals surface area contributed by atoms with Crippen molar-refractivity contribution in [1.82, 2.24) is 0 Å². The minimum absolute atomic E-state index is 0.112. The summed E-state index contributed by atoms with van der Waals surface area (Å²) in [5.41, 5.74) is 1.64. The molecule has 0 saturated carbocycles. The highest BCUT2D eigenvalue weighted by Gasteiger charge is 2.08. The van der Waals surface area contributed by atoms with E-state index in [0.717, 1.165) is 37.7 Å². The first-order valence-electron chi connectivity index (χ1n) is 8.35. The fraction of sp³-hybridized carbons (Fsp3) is 0.300. The Labute approximate surface area is 146 Å². The van der Waals surface area contributed by atoms with Crippen molar-refractivity contribution in [2.24, 2.45) is 0 Å². The summed E-state index contributed by atoms with van der Waals surface area (Å²) in [6.07, 6.45) is 4.26. The molecule has 25 heavy (non-hydrogen) atoms. The Kier molecular flexibility index (Phi) is 7.01. The zero-order valence-electron chi connectivity index (χ0n) is 14.0. The molecule has 0 aliphatic rings. The molecule has 0 spiro atoms. The van der Waals surface area contributed by atoms with E-state index in [0.29, 0.717) is 17.7 Å². The Morgan fingerprint density at radius 1 is 0.880 bits per heavy atom. The maximum Gasteiger partial charge on any atom is 0.338 e. The predicted molar refractivity (Wildman–Crippen MR) is 94.0 cm³/mol. The molecule has 2 rings (SSSR count). The van der Waals surface area contributed by atoms with Crippen LogP contribution in [0.3, 0.4) is 0 Å². The molecule has 0 heterocycles. The number of rotatable bonds is 9. The molecule has 0 atom stereocenters. The molecule has 0 aliphatic carbocycles. The molecule has 2 N–H and O–H groups in total. The van der Waals surface area contributed by atoms with Gasteiger partial charge in [0.15, 0.2) is 0 Å². The number of unbranched alkanes of at least 4 members (excludes halogenated alkanes) is 3. The van der Waals surface area contributed by atoms with Crippen LogP contribution in [-0.2, 0) is 11.2 Å². The van der Waals surface area contributed by atoms with Crippen LogP contribution in [0.1, 0.15) is 52.0 Å². The standard InChI is InChI=1S/C20H22O5/c21-17-12-10-16(11-13-17)20(24)25-14-6-2-1-3-7-15-8-4-5-9-18(15)19(22)23/h4-5,8-13,21H,1-3,6-7,14H2,(H,22,23). The van der Waals surface area contributed by atoms with E-state index >= 15 is 0 Å². The van der Waals surface area contributed by atoms with E-state index in [1.54, 1.807) is 12.1 Å². The quantitative estimate of drug-likeness (QED) is 0.530. The maximum atomic E-state index is 11.8. The highest BCUT2D eigenvalue weighted by Crippen LogP contribution is 2.14. The second-order valence-corrected chi connectivity index (χ2v) is 5.81. The fourth-order valence-corrected chi connectivity index (χ4v) is 2.56. The van der Waals surface area contributed by atoms with E-state index in [4.69, 9.17) is 9.84 Å². The Balaban J connectivity index is 1.62. The number of carbonyl (C=O) groups is 2. The second-order valence-electron chi connectivity index (χ2n) is 5.81. The molecule has 0 unspecified atom stereocenters. The molecule has 0 saturated heterocycles. The Morgan fingerprint density at radius 3 is 2.28 bits per heavy atom. The molecule has 0 aromatic heterocycles. The zero-order valence-corrected chi connectivity index (χ0v) is 14.0. The molecule has 0 bridgehead atoms. The Morgan fingerprint density at radius 2 is 1.56 bits per heavy atom. The number of esters is 1. The van der Waals surface area contributed by atoms with Crippen molar-refractivity contribution in [3.8, 4) is 5.75 Å². The van der Waals surface area contributed by atoms with Crippen molar-refractivity contribution in [3.63, 3.8) is 0 Å². The first kappa shape index (κ1) is 18.5. The number of aromatic carboxylic acids is 1. The van der Waals surface area contributed by atoms with Crippen molar-refractivity contribution in [2.75, 3.05) is 6.61 Å². The lowest BCUT2D eigenvalue weighted by Crippen LogP contribution is -2.06. The third-order valence-electron chi connectivity index (χ3n) is 3.92. The lowest BCUT2D eigenvalue weighted by atomic mass is 10.0. The van der Waals surface area contributed by atoms with E-state index in [1.807, 2.05) is 12.1 Å². The lowest BCUT2D eigenvalue weighted by Gasteiger charge is -2.07. The molecule has 0 amide bonds. The number of ether oxygens (including phenoxy) is 1. The topological polar surface area (TPSA) is 83.8 Å². The summed E-state index contributed by atoms with van der Waals surface area (Å²) < 4.78 is 5.19. The minimum Gasteiger partial charge on any atom is -0.508 e. The molecular formula is C20H22O5. The lowest BCUT2D eigenvalue weighted by molar-refractivity contribution is 0.0497. The monoisotopic (exact) mass is 342 g/mol. The summed E-state index contributed by atoms with van der Waals surface area (Å²) in [6, 6.07) is 13.0. The number of phenolic OH excluding ortho intramolecular Hbond substituents is 1. The van der Waals surface area contributed by atoms with Gasteiger partial charge in [0.25, 0.3) is 0 Å². The first-order chi connectivity index (χ1) is 12.1. The van der Waals surface area contributed by atoms with Gasteiger partial charge in [-0.15, -0.1) is 0 Å². The number of carboxylic acids is 1. The first-order valence-corrected chi connectivity index (χ1v) is 8.35. The van der Waals surface area contributed by atoms with Crippen LogP contribution in [0.4, 0.5) is 0 Å². The summed E-state index contributed by atoms with van der Waals surface area (Å²) in [6.45, 7) is 0.353. The van der Waals surface area contributed by atoms with Crippen LogP contribution >= 0.6 is 0 Å². The van der Waals surface area contributed by atoms with Crippen molar-refractivity contribution >= 4 is 11.9 Å². The van der Waals surface area contributed by atoms with Gasteiger partial charge in [-0.05, 0) is 55.2 Å². The van der Waals surface area contributed by atoms with Gasteiger partial charge in [-0.2, -0.15) is 0 Å². The van der Waals surface area contributed by atoms with Crippen molar-refractivity contribution in [2.45, 2.75) is 32.1 Å². The summed E-state index contributed by atoms with van der Waals surface area (Å²) in [5, 5.41) is 18.3. The van der Waals surface area contributed by atoms with Gasteiger partial charge in [0.2, 0.25) is 0 Å². The summed E-state index contributed by atoms with van der Waals surface area (Å²) in [7, 11) is 0. The molecule has 0 aliphatic heterocycles. The van der Waals surface area contributed by atoms with Crippen LogP contribution in [0.25, 0.3) is 0 Å². The van der Waals surface area contributed by atoms with E-state index in [-0.39, 0.29) is 5.75 Å². The van der Waals surface area contributed by atoms with E-state index < -0.39 is 11.9 Å². The Hall–Kier alpha value is -2.82.